The first-order valence-electron chi connectivity index (χ1n) is 18.7. The molecule has 0 aliphatic carbocycles. The van der Waals surface area contributed by atoms with Gasteiger partial charge in [0.1, 0.15) is 35.7 Å². The Morgan fingerprint density at radius 3 is 1.79 bits per heavy atom. The molecule has 0 aromatic heterocycles. The SMILES string of the molecule is C[C@@H](O)[C@H](NC(=O)[C@@H]1CCCN1C(=O)[C@@H]1CCCN1C(=O)[C@@H](NC(=O)CNC(=O)[C@H](Cc1ccc(O)cc1)NC(=O)[C@@H](N)Cc1ccc(O)cc1)[C@@H](C)O)C(=O)O. The number of carbonyl (C=O) groups excluding carboxylic acids is 6. The molecule has 2 aliphatic rings. The van der Waals surface area contributed by atoms with Crippen molar-refractivity contribution in [3.05, 3.63) is 59.7 Å². The van der Waals surface area contributed by atoms with Gasteiger partial charge in [-0.2, -0.15) is 0 Å². The molecule has 2 saturated heterocycles. The van der Waals surface area contributed by atoms with Gasteiger partial charge in [-0.25, -0.2) is 4.79 Å². The van der Waals surface area contributed by atoms with Gasteiger partial charge in [0.25, 0.3) is 0 Å². The highest BCUT2D eigenvalue weighted by molar-refractivity contribution is 5.97. The Bertz CT molecular complexity index is 1770. The van der Waals surface area contributed by atoms with E-state index in [2.05, 4.69) is 21.3 Å². The maximum atomic E-state index is 13.8. The predicted octanol–water partition coefficient (Wildman–Crippen LogP) is -2.39. The van der Waals surface area contributed by atoms with Gasteiger partial charge < -0.3 is 62.3 Å². The number of likely N-dealkylation sites (tertiary alicyclic amines) is 2. The number of hydrogen-bond acceptors (Lipinski definition) is 12. The Morgan fingerprint density at radius 2 is 1.25 bits per heavy atom. The third-order valence-corrected chi connectivity index (χ3v) is 9.93. The molecule has 2 heterocycles. The summed E-state index contributed by atoms with van der Waals surface area (Å²) in [7, 11) is 0. The van der Waals surface area contributed by atoms with E-state index < -0.39 is 96.4 Å². The number of phenols is 2. The van der Waals surface area contributed by atoms with Crippen molar-refractivity contribution in [2.24, 2.45) is 5.73 Å². The van der Waals surface area contributed by atoms with Gasteiger partial charge in [0.2, 0.25) is 35.4 Å². The van der Waals surface area contributed by atoms with E-state index in [1.807, 2.05) is 0 Å². The maximum absolute atomic E-state index is 13.8. The number of carbonyl (C=O) groups is 7. The van der Waals surface area contributed by atoms with E-state index in [1.165, 1.54) is 47.9 Å². The number of nitrogens with two attached hydrogens (primary N) is 1. The first-order valence-corrected chi connectivity index (χ1v) is 18.7. The average Bonchev–Trinajstić information content (AvgIpc) is 3.87. The molecular weight excluding hydrogens is 746 g/mol. The van der Waals surface area contributed by atoms with Gasteiger partial charge in [0, 0.05) is 19.5 Å². The zero-order chi connectivity index (χ0) is 42.0. The van der Waals surface area contributed by atoms with E-state index in [4.69, 9.17) is 5.73 Å². The van der Waals surface area contributed by atoms with Crippen LogP contribution in [0.5, 0.6) is 11.5 Å². The summed E-state index contributed by atoms with van der Waals surface area (Å²) >= 11 is 0. The second-order valence-corrected chi connectivity index (χ2v) is 14.4. The first-order chi connectivity index (χ1) is 27.0. The number of hydrogen-bond donors (Lipinski definition) is 10. The largest absolute Gasteiger partial charge is 0.508 e. The molecule has 0 bridgehead atoms. The number of amides is 6. The van der Waals surface area contributed by atoms with Crippen molar-refractivity contribution >= 4 is 41.4 Å². The van der Waals surface area contributed by atoms with Crippen LogP contribution in [0.3, 0.4) is 0 Å². The number of aliphatic carboxylic acids is 1. The van der Waals surface area contributed by atoms with Crippen LogP contribution in [0.25, 0.3) is 0 Å². The molecule has 0 unspecified atom stereocenters. The minimum absolute atomic E-state index is 0.0181. The molecule has 11 N–H and O–H groups in total. The third kappa shape index (κ3) is 11.9. The lowest BCUT2D eigenvalue weighted by molar-refractivity contribution is -0.150. The fraction of sp³-hybridized carbons (Fsp3) is 0.500. The summed E-state index contributed by atoms with van der Waals surface area (Å²) in [5, 5.41) is 58.7. The molecule has 0 saturated carbocycles. The summed E-state index contributed by atoms with van der Waals surface area (Å²) < 4.78 is 0. The Labute approximate surface area is 328 Å². The number of carboxylic acids is 1. The summed E-state index contributed by atoms with van der Waals surface area (Å²) in [6, 6.07) is 4.45. The lowest BCUT2D eigenvalue weighted by Crippen LogP contribution is -2.60. The van der Waals surface area contributed by atoms with Gasteiger partial charge in [-0.3, -0.25) is 28.8 Å². The normalized spacial score (nSPS) is 19.7. The number of aromatic hydroxyl groups is 2. The molecule has 4 rings (SSSR count). The number of aliphatic hydroxyl groups excluding tert-OH is 2. The Morgan fingerprint density at radius 1 is 0.719 bits per heavy atom. The number of benzene rings is 2. The molecule has 2 aromatic carbocycles. The van der Waals surface area contributed by atoms with Crippen molar-refractivity contribution in [3.63, 3.8) is 0 Å². The quantitative estimate of drug-likeness (QED) is 0.0801. The Hall–Kier alpha value is -5.79. The van der Waals surface area contributed by atoms with Crippen molar-refractivity contribution in [1.29, 1.82) is 0 Å². The van der Waals surface area contributed by atoms with Crippen molar-refractivity contribution < 1.29 is 59.1 Å². The van der Waals surface area contributed by atoms with Crippen molar-refractivity contribution in [3.8, 4) is 11.5 Å². The van der Waals surface area contributed by atoms with Crippen LogP contribution in [0.4, 0.5) is 0 Å². The summed E-state index contributed by atoms with van der Waals surface area (Å²) in [4.78, 5) is 94.3. The van der Waals surface area contributed by atoms with Crippen LogP contribution in [-0.2, 0) is 46.4 Å². The van der Waals surface area contributed by atoms with E-state index >= 15 is 0 Å². The number of aliphatic hydroxyl groups is 2. The minimum atomic E-state index is -1.59. The third-order valence-electron chi connectivity index (χ3n) is 9.93. The van der Waals surface area contributed by atoms with Crippen LogP contribution in [-0.4, -0.2) is 145 Å². The number of carboxylic acid groups (broad SMARTS) is 1. The highest BCUT2D eigenvalue weighted by atomic mass is 16.4. The monoisotopic (exact) mass is 797 g/mol. The van der Waals surface area contributed by atoms with Crippen LogP contribution in [0, 0.1) is 0 Å². The standard InChI is InChI=1S/C38H51N7O12/c1-20(46)31(37(55)45-16-4-6-29(45)36(54)44-15-3-5-28(44)35(53)43-32(21(2)47)38(56)57)42-30(50)19-40-34(52)27(18-23-9-13-25(49)14-10-23)41-33(51)26(39)17-22-7-11-24(48)12-8-22/h7-14,20-21,26-29,31-32,46-49H,3-6,15-19,39H2,1-2H3,(H,40,52)(H,41,51)(H,42,50)(H,43,53)(H,56,57)/t20-,21-,26+,27+,28+,29+,31+,32+/m1/s1. The molecule has 8 atom stereocenters. The first kappa shape index (κ1) is 43.9. The highest BCUT2D eigenvalue weighted by Crippen LogP contribution is 2.26. The van der Waals surface area contributed by atoms with Gasteiger partial charge >= 0.3 is 5.97 Å². The van der Waals surface area contributed by atoms with E-state index in [0.717, 1.165) is 0 Å². The molecule has 19 nitrogen and oxygen atoms in total. The van der Waals surface area contributed by atoms with Gasteiger partial charge in [-0.1, -0.05) is 24.3 Å². The molecule has 2 fully saturated rings. The Kier molecular flexibility index (Phi) is 15.3. The molecule has 2 aliphatic heterocycles. The lowest BCUT2D eigenvalue weighted by atomic mass is 10.0. The summed E-state index contributed by atoms with van der Waals surface area (Å²) in [6.07, 6.45) is -1.51. The van der Waals surface area contributed by atoms with Gasteiger partial charge in [0.05, 0.1) is 24.8 Å². The Balaban J connectivity index is 1.39. The second kappa shape index (κ2) is 19.9. The predicted molar refractivity (Wildman–Crippen MR) is 201 cm³/mol. The molecule has 2 aromatic rings. The summed E-state index contributed by atoms with van der Waals surface area (Å²) in [6.45, 7) is 2.07. The van der Waals surface area contributed by atoms with E-state index in [9.17, 15) is 59.1 Å². The fourth-order valence-electron chi connectivity index (χ4n) is 6.84. The van der Waals surface area contributed by atoms with Crippen LogP contribution in [0.1, 0.15) is 50.7 Å². The van der Waals surface area contributed by atoms with E-state index in [0.29, 0.717) is 24.0 Å². The number of rotatable bonds is 17. The van der Waals surface area contributed by atoms with Gasteiger partial charge in [-0.05, 0) is 81.3 Å². The highest BCUT2D eigenvalue weighted by Gasteiger charge is 2.45. The summed E-state index contributed by atoms with van der Waals surface area (Å²) in [5.41, 5.74) is 7.34. The zero-order valence-electron chi connectivity index (χ0n) is 31.7. The average molecular weight is 798 g/mol. The minimum Gasteiger partial charge on any atom is -0.508 e. The number of nitrogens with one attached hydrogen (secondary N) is 4. The van der Waals surface area contributed by atoms with Crippen LogP contribution >= 0.6 is 0 Å². The number of nitrogens with zero attached hydrogens (tertiary/aromatic N) is 2. The molecular formula is C38H51N7O12. The molecule has 57 heavy (non-hydrogen) atoms. The topological polar surface area (TPSA) is 301 Å². The maximum Gasteiger partial charge on any atom is 0.328 e. The van der Waals surface area contributed by atoms with Gasteiger partial charge in [-0.15, -0.1) is 0 Å². The van der Waals surface area contributed by atoms with Crippen molar-refractivity contribution in [2.45, 2.75) is 101 Å². The molecule has 310 valence electrons. The van der Waals surface area contributed by atoms with Crippen molar-refractivity contribution in [1.82, 2.24) is 31.1 Å². The fourth-order valence-corrected chi connectivity index (χ4v) is 6.84. The lowest BCUT2D eigenvalue weighted by Gasteiger charge is -2.33. The zero-order valence-corrected chi connectivity index (χ0v) is 31.7. The van der Waals surface area contributed by atoms with E-state index in [-0.39, 0.29) is 50.3 Å². The second-order valence-electron chi connectivity index (χ2n) is 14.4. The van der Waals surface area contributed by atoms with Gasteiger partial charge in [0.15, 0.2) is 6.04 Å². The molecule has 0 spiro atoms. The summed E-state index contributed by atoms with van der Waals surface area (Å²) in [5.74, 6) is -5.85. The molecule has 19 heteroatoms. The smallest absolute Gasteiger partial charge is 0.328 e. The van der Waals surface area contributed by atoms with Crippen LogP contribution < -0.4 is 27.0 Å². The van der Waals surface area contributed by atoms with E-state index in [1.54, 1.807) is 24.3 Å². The molecule has 6 amide bonds. The van der Waals surface area contributed by atoms with Crippen molar-refractivity contribution in [2.75, 3.05) is 19.6 Å². The van der Waals surface area contributed by atoms with Crippen LogP contribution in [0.2, 0.25) is 0 Å². The number of phenolic OH excluding ortho intramolecular Hbond substituents is 2. The molecule has 0 radical (unpaired) electrons. The van der Waals surface area contributed by atoms with Crippen LogP contribution in [0.15, 0.2) is 48.5 Å².